The Hall–Kier alpha value is -3.51. The summed E-state index contributed by atoms with van der Waals surface area (Å²) in [5.74, 6) is 1.77. The van der Waals surface area contributed by atoms with Crippen LogP contribution < -0.4 is 5.32 Å². The van der Waals surface area contributed by atoms with E-state index in [0.29, 0.717) is 30.4 Å². The number of anilines is 1. The number of piperidine rings is 1. The molecule has 1 aliphatic rings. The molecule has 0 unspecified atom stereocenters. The Morgan fingerprint density at radius 1 is 1.24 bits per heavy atom. The Bertz CT molecular complexity index is 1450. The number of hydrogen-bond donors (Lipinski definition) is 2. The Morgan fingerprint density at radius 2 is 2.03 bits per heavy atom. The molecule has 0 bridgehead atoms. The number of hydrogen-bond acceptors (Lipinski definition) is 9. The van der Waals surface area contributed by atoms with Gasteiger partial charge in [-0.3, -0.25) is 4.68 Å². The first-order chi connectivity index (χ1) is 18.0. The number of ether oxygens (including phenoxy) is 1. The van der Waals surface area contributed by atoms with Gasteiger partial charge in [-0.15, -0.1) is 11.3 Å². The van der Waals surface area contributed by atoms with Gasteiger partial charge in [-0.05, 0) is 53.2 Å². The molecule has 1 amide bonds. The molecule has 12 heteroatoms. The zero-order chi connectivity index (χ0) is 27.2. The van der Waals surface area contributed by atoms with Crippen LogP contribution in [0, 0.1) is 0 Å². The summed E-state index contributed by atoms with van der Waals surface area (Å²) in [5, 5.41) is 19.7. The molecule has 38 heavy (non-hydrogen) atoms. The van der Waals surface area contributed by atoms with Crippen LogP contribution in [0.3, 0.4) is 0 Å². The SMILES string of the molecule is CC(C)n1ccc(-c2cc3c(N[C@H]4C[C@@H](O)CN(C(=O)OC(C)(C)C)C4)nc(-c4nccn4C)nc3s2)n1. The number of carbonyl (C=O) groups excluding carboxylic acids is 1. The van der Waals surface area contributed by atoms with Crippen molar-refractivity contribution in [2.45, 2.75) is 64.8 Å². The van der Waals surface area contributed by atoms with Crippen molar-refractivity contribution >= 4 is 33.5 Å². The summed E-state index contributed by atoms with van der Waals surface area (Å²) in [6, 6.07) is 4.07. The molecule has 11 nitrogen and oxygen atoms in total. The van der Waals surface area contributed by atoms with Gasteiger partial charge in [-0.25, -0.2) is 19.7 Å². The highest BCUT2D eigenvalue weighted by Gasteiger charge is 2.32. The molecule has 0 radical (unpaired) electrons. The van der Waals surface area contributed by atoms with E-state index in [0.717, 1.165) is 20.8 Å². The third-order valence-corrected chi connectivity index (χ3v) is 7.28. The fraction of sp³-hybridized carbons (Fsp3) is 0.500. The highest BCUT2D eigenvalue weighted by atomic mass is 32.1. The summed E-state index contributed by atoms with van der Waals surface area (Å²) in [4.78, 5) is 30.2. The van der Waals surface area contributed by atoms with Gasteiger partial charge in [0.15, 0.2) is 11.6 Å². The number of β-amino-alcohol motifs (C(OH)–C–C–N with tert-alkyl or cyclic N) is 1. The number of thiophene rings is 1. The lowest BCUT2D eigenvalue weighted by Gasteiger charge is -2.37. The Balaban J connectivity index is 1.50. The van der Waals surface area contributed by atoms with Gasteiger partial charge < -0.3 is 24.6 Å². The second-order valence-electron chi connectivity index (χ2n) is 11.0. The van der Waals surface area contributed by atoms with Crippen molar-refractivity contribution in [2.24, 2.45) is 7.05 Å². The second kappa shape index (κ2) is 9.99. The van der Waals surface area contributed by atoms with Crippen LogP contribution in [0.15, 0.2) is 30.7 Å². The van der Waals surface area contributed by atoms with Crippen molar-refractivity contribution in [3.8, 4) is 22.2 Å². The van der Waals surface area contributed by atoms with E-state index in [-0.39, 0.29) is 18.6 Å². The summed E-state index contributed by atoms with van der Waals surface area (Å²) >= 11 is 1.54. The van der Waals surface area contributed by atoms with E-state index in [2.05, 4.69) is 24.1 Å². The lowest BCUT2D eigenvalue weighted by Crippen LogP contribution is -2.52. The number of aromatic nitrogens is 6. The quantitative estimate of drug-likeness (QED) is 0.385. The van der Waals surface area contributed by atoms with E-state index in [4.69, 9.17) is 19.8 Å². The molecular formula is C26H34N8O3S. The topological polar surface area (TPSA) is 123 Å². The number of likely N-dealkylation sites (tertiary alicyclic amines) is 1. The molecule has 1 aliphatic heterocycles. The highest BCUT2D eigenvalue weighted by molar-refractivity contribution is 7.21. The van der Waals surface area contributed by atoms with Crippen molar-refractivity contribution < 1.29 is 14.6 Å². The summed E-state index contributed by atoms with van der Waals surface area (Å²) < 4.78 is 9.35. The van der Waals surface area contributed by atoms with Crippen LogP contribution in [0.2, 0.25) is 0 Å². The van der Waals surface area contributed by atoms with Crippen molar-refractivity contribution in [1.82, 2.24) is 34.2 Å². The summed E-state index contributed by atoms with van der Waals surface area (Å²) in [6.45, 7) is 10.3. The minimum atomic E-state index is -0.682. The van der Waals surface area contributed by atoms with E-state index in [9.17, 15) is 9.90 Å². The number of fused-ring (bicyclic) bond motifs is 1. The average Bonchev–Trinajstić information content (AvgIpc) is 3.56. The van der Waals surface area contributed by atoms with Crippen LogP contribution >= 0.6 is 11.3 Å². The van der Waals surface area contributed by atoms with Crippen LogP contribution in [0.1, 0.15) is 47.1 Å². The van der Waals surface area contributed by atoms with Gasteiger partial charge in [0, 0.05) is 44.3 Å². The molecule has 0 aromatic carbocycles. The monoisotopic (exact) mass is 538 g/mol. The summed E-state index contributed by atoms with van der Waals surface area (Å²) in [7, 11) is 1.90. The molecule has 0 saturated carbocycles. The zero-order valence-corrected chi connectivity index (χ0v) is 23.4. The van der Waals surface area contributed by atoms with Crippen LogP contribution in [0.4, 0.5) is 10.6 Å². The van der Waals surface area contributed by atoms with Crippen molar-refractivity contribution in [3.63, 3.8) is 0 Å². The van der Waals surface area contributed by atoms with Gasteiger partial charge >= 0.3 is 6.09 Å². The normalized spacial score (nSPS) is 18.4. The van der Waals surface area contributed by atoms with E-state index >= 15 is 0 Å². The van der Waals surface area contributed by atoms with E-state index < -0.39 is 17.8 Å². The molecule has 5 rings (SSSR count). The molecular weight excluding hydrogens is 504 g/mol. The third kappa shape index (κ3) is 5.51. The number of nitrogens with zero attached hydrogens (tertiary/aromatic N) is 7. The number of amides is 1. The number of aliphatic hydroxyl groups is 1. The van der Waals surface area contributed by atoms with Gasteiger partial charge in [0.1, 0.15) is 21.9 Å². The lowest BCUT2D eigenvalue weighted by atomic mass is 10.0. The van der Waals surface area contributed by atoms with Gasteiger partial charge in [0.25, 0.3) is 0 Å². The molecule has 2 N–H and O–H groups in total. The van der Waals surface area contributed by atoms with Crippen LogP contribution in [-0.4, -0.2) is 76.2 Å². The molecule has 0 aliphatic carbocycles. The second-order valence-corrected chi connectivity index (χ2v) is 12.0. The first kappa shape index (κ1) is 26.1. The largest absolute Gasteiger partial charge is 0.444 e. The number of aryl methyl sites for hydroxylation is 1. The maximum atomic E-state index is 12.7. The molecule has 2 atom stereocenters. The van der Waals surface area contributed by atoms with Gasteiger partial charge in [-0.2, -0.15) is 5.10 Å². The van der Waals surface area contributed by atoms with Crippen molar-refractivity contribution in [3.05, 3.63) is 30.7 Å². The van der Waals surface area contributed by atoms with E-state index in [1.807, 2.05) is 61.6 Å². The van der Waals surface area contributed by atoms with E-state index in [1.54, 1.807) is 22.4 Å². The van der Waals surface area contributed by atoms with Crippen LogP contribution in [0.25, 0.3) is 32.4 Å². The Kier molecular flexibility index (Phi) is 6.86. The van der Waals surface area contributed by atoms with E-state index in [1.165, 1.54) is 0 Å². The van der Waals surface area contributed by atoms with Gasteiger partial charge in [0.05, 0.1) is 22.9 Å². The smallest absolute Gasteiger partial charge is 0.410 e. The molecule has 5 heterocycles. The summed E-state index contributed by atoms with van der Waals surface area (Å²) in [6.07, 6.45) is 4.89. The summed E-state index contributed by atoms with van der Waals surface area (Å²) in [5.41, 5.74) is 0.253. The molecule has 4 aromatic heterocycles. The number of carbonyl (C=O) groups is 1. The fourth-order valence-electron chi connectivity index (χ4n) is 4.44. The maximum absolute atomic E-state index is 12.7. The fourth-order valence-corrected chi connectivity index (χ4v) is 5.44. The molecule has 4 aromatic rings. The van der Waals surface area contributed by atoms with Crippen molar-refractivity contribution in [1.29, 1.82) is 0 Å². The first-order valence-electron chi connectivity index (χ1n) is 12.7. The molecule has 1 fully saturated rings. The predicted molar refractivity (Wildman–Crippen MR) is 147 cm³/mol. The average molecular weight is 539 g/mol. The standard InChI is InChI=1S/C26H34N8O3S/c1-15(2)34-9-7-19(31-34)20-12-18-21(29-22(30-24(18)38-20)23-27-8-10-32(23)6)28-16-11-17(35)14-33(13-16)25(36)37-26(3,4)5/h7-10,12,15-17,35H,11,13-14H2,1-6H3,(H,28,29,30)/t16-,17+/m0/s1. The predicted octanol–water partition coefficient (Wildman–Crippen LogP) is 4.32. The minimum absolute atomic E-state index is 0.228. The Morgan fingerprint density at radius 3 is 2.68 bits per heavy atom. The first-order valence-corrected chi connectivity index (χ1v) is 13.6. The number of rotatable bonds is 5. The van der Waals surface area contributed by atoms with Gasteiger partial charge in [0.2, 0.25) is 0 Å². The number of aliphatic hydroxyl groups excluding tert-OH is 1. The van der Waals surface area contributed by atoms with Crippen molar-refractivity contribution in [2.75, 3.05) is 18.4 Å². The number of nitrogens with one attached hydrogen (secondary N) is 1. The van der Waals surface area contributed by atoms with Crippen LogP contribution in [-0.2, 0) is 11.8 Å². The lowest BCUT2D eigenvalue weighted by molar-refractivity contribution is 0.00179. The van der Waals surface area contributed by atoms with Crippen LogP contribution in [0.5, 0.6) is 0 Å². The van der Waals surface area contributed by atoms with Gasteiger partial charge in [-0.1, -0.05) is 0 Å². The highest BCUT2D eigenvalue weighted by Crippen LogP contribution is 2.36. The third-order valence-electron chi connectivity index (χ3n) is 6.22. The Labute approximate surface area is 225 Å². The minimum Gasteiger partial charge on any atom is -0.444 e. The maximum Gasteiger partial charge on any atom is 0.410 e. The molecule has 0 spiro atoms. The zero-order valence-electron chi connectivity index (χ0n) is 22.5. The number of imidazole rings is 1. The molecule has 202 valence electrons. The molecule has 1 saturated heterocycles.